The number of piperidine rings is 1. The van der Waals surface area contributed by atoms with Gasteiger partial charge in [0.2, 0.25) is 15.8 Å². The van der Waals surface area contributed by atoms with Crippen molar-refractivity contribution in [2.45, 2.75) is 17.7 Å². The molecule has 1 aromatic carbocycles. The van der Waals surface area contributed by atoms with Crippen molar-refractivity contribution >= 4 is 15.7 Å². The molecule has 8 nitrogen and oxygen atoms in total. The van der Waals surface area contributed by atoms with Gasteiger partial charge in [-0.3, -0.25) is 10.1 Å². The van der Waals surface area contributed by atoms with Crippen LogP contribution in [0.25, 0.3) is 0 Å². The summed E-state index contributed by atoms with van der Waals surface area (Å²) >= 11 is 0. The van der Waals surface area contributed by atoms with E-state index in [2.05, 4.69) is 14.8 Å². The average molecular weight is 347 g/mol. The molecule has 1 aliphatic heterocycles. The van der Waals surface area contributed by atoms with Crippen LogP contribution in [0.5, 0.6) is 5.75 Å². The zero-order valence-electron chi connectivity index (χ0n) is 12.5. The maximum atomic E-state index is 13.9. The van der Waals surface area contributed by atoms with Gasteiger partial charge in [0.25, 0.3) is 0 Å². The summed E-state index contributed by atoms with van der Waals surface area (Å²) in [6.45, 7) is 1.79. The first kappa shape index (κ1) is 17.6. The predicted molar refractivity (Wildman–Crippen MR) is 80.4 cm³/mol. The Labute approximate surface area is 133 Å². The molecule has 1 fully saturated rings. The lowest BCUT2D eigenvalue weighted by Crippen LogP contribution is -2.38. The van der Waals surface area contributed by atoms with Crippen molar-refractivity contribution in [3.63, 3.8) is 0 Å². The second-order valence-corrected chi connectivity index (χ2v) is 7.05. The van der Waals surface area contributed by atoms with Crippen LogP contribution in [-0.2, 0) is 10.0 Å². The highest BCUT2D eigenvalue weighted by atomic mass is 32.2. The topological polar surface area (TPSA) is 111 Å². The molecule has 2 N–H and O–H groups in total. The zero-order valence-corrected chi connectivity index (χ0v) is 13.4. The maximum Gasteiger partial charge on any atom is 0.315 e. The largest absolute Gasteiger partial charge is 0.488 e. The normalized spacial score (nSPS) is 18.6. The molecule has 128 valence electrons. The highest BCUT2D eigenvalue weighted by Gasteiger charge is 2.26. The third-order valence-corrected chi connectivity index (χ3v) is 5.07. The van der Waals surface area contributed by atoms with Crippen molar-refractivity contribution in [1.82, 2.24) is 10.0 Å². The van der Waals surface area contributed by atoms with Crippen LogP contribution in [0.15, 0.2) is 17.0 Å². The van der Waals surface area contributed by atoms with E-state index in [1.54, 1.807) is 0 Å². The fourth-order valence-corrected chi connectivity index (χ4v) is 3.60. The SMILES string of the molecule is COc1c(F)cc(S(=O)(=O)NCC2CCCNC2)cc1[N+](=O)[O-]. The molecule has 10 heteroatoms. The van der Waals surface area contributed by atoms with Gasteiger partial charge in [0.1, 0.15) is 0 Å². The van der Waals surface area contributed by atoms with Crippen LogP contribution < -0.4 is 14.8 Å². The molecule has 1 saturated heterocycles. The molecule has 23 heavy (non-hydrogen) atoms. The van der Waals surface area contributed by atoms with Gasteiger partial charge in [0.05, 0.1) is 16.9 Å². The van der Waals surface area contributed by atoms with Gasteiger partial charge >= 0.3 is 5.69 Å². The number of nitro groups is 1. The number of ether oxygens (including phenoxy) is 1. The first-order chi connectivity index (χ1) is 10.8. The van der Waals surface area contributed by atoms with E-state index in [-0.39, 0.29) is 12.5 Å². The van der Waals surface area contributed by atoms with E-state index in [1.165, 1.54) is 0 Å². The molecular formula is C13H18FN3O5S. The molecule has 0 saturated carbocycles. The molecule has 1 aliphatic rings. The molecule has 0 radical (unpaired) electrons. The smallest absolute Gasteiger partial charge is 0.315 e. The summed E-state index contributed by atoms with van der Waals surface area (Å²) in [5.74, 6) is -1.55. The van der Waals surface area contributed by atoms with E-state index in [1.807, 2.05) is 0 Å². The Morgan fingerprint density at radius 3 is 2.83 bits per heavy atom. The van der Waals surface area contributed by atoms with Gasteiger partial charge in [-0.2, -0.15) is 0 Å². The van der Waals surface area contributed by atoms with E-state index >= 15 is 0 Å². The number of hydrogen-bond acceptors (Lipinski definition) is 6. The number of halogens is 1. The molecule has 0 spiro atoms. The van der Waals surface area contributed by atoms with Crippen LogP contribution in [0.2, 0.25) is 0 Å². The van der Waals surface area contributed by atoms with Gasteiger partial charge in [-0.05, 0) is 37.9 Å². The van der Waals surface area contributed by atoms with Crippen molar-refractivity contribution in [1.29, 1.82) is 0 Å². The lowest BCUT2D eigenvalue weighted by Gasteiger charge is -2.22. The first-order valence-corrected chi connectivity index (χ1v) is 8.55. The van der Waals surface area contributed by atoms with E-state index in [0.29, 0.717) is 12.6 Å². The predicted octanol–water partition coefficient (Wildman–Crippen LogP) is 1.02. The summed E-state index contributed by atoms with van der Waals surface area (Å²) in [6.07, 6.45) is 1.83. The Bertz CT molecular complexity index is 689. The lowest BCUT2D eigenvalue weighted by molar-refractivity contribution is -0.386. The monoisotopic (exact) mass is 347 g/mol. The van der Waals surface area contributed by atoms with Crippen molar-refractivity contribution in [3.8, 4) is 5.75 Å². The van der Waals surface area contributed by atoms with Crippen LogP contribution >= 0.6 is 0 Å². The van der Waals surface area contributed by atoms with E-state index in [9.17, 15) is 22.9 Å². The molecule has 0 aliphatic carbocycles. The Balaban J connectivity index is 2.23. The lowest BCUT2D eigenvalue weighted by atomic mass is 10.0. The molecule has 1 aromatic rings. The van der Waals surface area contributed by atoms with E-state index in [0.717, 1.165) is 32.6 Å². The van der Waals surface area contributed by atoms with Gasteiger partial charge in [-0.15, -0.1) is 0 Å². The highest BCUT2D eigenvalue weighted by Crippen LogP contribution is 2.32. The van der Waals surface area contributed by atoms with Crippen LogP contribution in [0.4, 0.5) is 10.1 Å². The third kappa shape index (κ3) is 4.15. The van der Waals surface area contributed by atoms with E-state index < -0.39 is 37.1 Å². The Kier molecular flexibility index (Phi) is 5.50. The first-order valence-electron chi connectivity index (χ1n) is 7.07. The highest BCUT2D eigenvalue weighted by molar-refractivity contribution is 7.89. The van der Waals surface area contributed by atoms with Crippen LogP contribution in [0.3, 0.4) is 0 Å². The molecule has 2 rings (SSSR count). The Morgan fingerprint density at radius 1 is 1.52 bits per heavy atom. The van der Waals surface area contributed by atoms with Gasteiger partial charge in [0, 0.05) is 12.6 Å². The number of hydrogen-bond donors (Lipinski definition) is 2. The minimum absolute atomic E-state index is 0.136. The van der Waals surface area contributed by atoms with Crippen molar-refractivity contribution in [2.24, 2.45) is 5.92 Å². The number of nitrogens with one attached hydrogen (secondary N) is 2. The molecular weight excluding hydrogens is 329 g/mol. The number of benzene rings is 1. The minimum atomic E-state index is -4.04. The number of nitro benzene ring substituents is 1. The summed E-state index contributed by atoms with van der Waals surface area (Å²) in [4.78, 5) is 9.58. The molecule has 1 heterocycles. The van der Waals surface area contributed by atoms with E-state index in [4.69, 9.17) is 0 Å². The molecule has 1 unspecified atom stereocenters. The Morgan fingerprint density at radius 2 is 2.26 bits per heavy atom. The summed E-state index contributed by atoms with van der Waals surface area (Å²) < 4.78 is 45.3. The third-order valence-electron chi connectivity index (χ3n) is 3.67. The number of sulfonamides is 1. The van der Waals surface area contributed by atoms with Crippen molar-refractivity contribution < 1.29 is 22.5 Å². The quantitative estimate of drug-likeness (QED) is 0.587. The van der Waals surface area contributed by atoms with Crippen molar-refractivity contribution in [3.05, 3.63) is 28.1 Å². The Hall–Kier alpha value is -1.78. The fraction of sp³-hybridized carbons (Fsp3) is 0.538. The standard InChI is InChI=1S/C13H18FN3O5S/c1-22-13-11(14)5-10(6-12(13)17(18)19)23(20,21)16-8-9-3-2-4-15-7-9/h5-6,9,15-16H,2-4,7-8H2,1H3. The average Bonchev–Trinajstić information content (AvgIpc) is 2.53. The van der Waals surface area contributed by atoms with Crippen LogP contribution in [0.1, 0.15) is 12.8 Å². The zero-order chi connectivity index (χ0) is 17.0. The molecule has 0 bridgehead atoms. The summed E-state index contributed by atoms with van der Waals surface area (Å²) in [5, 5.41) is 14.1. The van der Waals surface area contributed by atoms with Gasteiger partial charge in [-0.25, -0.2) is 17.5 Å². The molecule has 1 atom stereocenters. The number of nitrogens with zero attached hydrogens (tertiary/aromatic N) is 1. The number of methoxy groups -OCH3 is 1. The van der Waals surface area contributed by atoms with Gasteiger partial charge in [0.15, 0.2) is 5.82 Å². The van der Waals surface area contributed by atoms with Crippen molar-refractivity contribution in [2.75, 3.05) is 26.7 Å². The fourth-order valence-electron chi connectivity index (χ4n) is 2.46. The summed E-state index contributed by atoms with van der Waals surface area (Å²) in [5.41, 5.74) is -0.729. The molecule has 0 amide bonds. The minimum Gasteiger partial charge on any atom is -0.488 e. The van der Waals surface area contributed by atoms with Gasteiger partial charge in [-0.1, -0.05) is 0 Å². The summed E-state index contributed by atoms with van der Waals surface area (Å²) in [7, 11) is -2.96. The maximum absolute atomic E-state index is 13.9. The van der Waals surface area contributed by atoms with Crippen LogP contribution in [-0.4, -0.2) is 40.1 Å². The molecule has 0 aromatic heterocycles. The second kappa shape index (κ2) is 7.20. The number of rotatable bonds is 6. The van der Waals surface area contributed by atoms with Crippen LogP contribution in [0, 0.1) is 21.8 Å². The summed E-state index contributed by atoms with van der Waals surface area (Å²) in [6, 6.07) is 1.51. The van der Waals surface area contributed by atoms with Gasteiger partial charge < -0.3 is 10.1 Å². The second-order valence-electron chi connectivity index (χ2n) is 5.28.